The first kappa shape index (κ1) is 20.3. The van der Waals surface area contributed by atoms with Gasteiger partial charge in [-0.25, -0.2) is 4.79 Å². The topological polar surface area (TPSA) is 26.3 Å². The summed E-state index contributed by atoms with van der Waals surface area (Å²) < 4.78 is 5.71. The Morgan fingerprint density at radius 2 is 1.84 bits per heavy atom. The van der Waals surface area contributed by atoms with Crippen molar-refractivity contribution in [3.63, 3.8) is 0 Å². The van der Waals surface area contributed by atoms with Crippen LogP contribution in [0.2, 0.25) is 15.1 Å². The van der Waals surface area contributed by atoms with Gasteiger partial charge in [0.05, 0.1) is 27.2 Å². The second kappa shape index (κ2) is 9.09. The van der Waals surface area contributed by atoms with Crippen molar-refractivity contribution in [2.45, 2.75) is 19.8 Å². The standard InChI is InChI=1S/C19H16BrCl3O2/c1-3-25-19(24)14-7-6-12(8-15(14)20)5-4-11(2)13-9-16(21)18(23)17(22)10-13/h4-11H,3H2,1-2H3/b5-4-. The molecule has 2 nitrogen and oxygen atoms in total. The molecule has 0 radical (unpaired) electrons. The van der Waals surface area contributed by atoms with Crippen LogP contribution in [0.4, 0.5) is 0 Å². The van der Waals surface area contributed by atoms with Gasteiger partial charge < -0.3 is 4.74 Å². The van der Waals surface area contributed by atoms with E-state index in [0.29, 0.717) is 31.7 Å². The zero-order valence-electron chi connectivity index (χ0n) is 13.7. The first-order valence-corrected chi connectivity index (χ1v) is 9.55. The number of halogens is 4. The van der Waals surface area contributed by atoms with Gasteiger partial charge in [0, 0.05) is 4.47 Å². The fourth-order valence-electron chi connectivity index (χ4n) is 2.21. The molecule has 0 saturated carbocycles. The molecule has 6 heteroatoms. The first-order valence-electron chi connectivity index (χ1n) is 7.62. The molecule has 0 fully saturated rings. The second-order valence-corrected chi connectivity index (χ2v) is 7.45. The third-order valence-electron chi connectivity index (χ3n) is 3.60. The van der Waals surface area contributed by atoms with Gasteiger partial charge in [0.1, 0.15) is 0 Å². The molecule has 0 heterocycles. The summed E-state index contributed by atoms with van der Waals surface area (Å²) in [6.45, 7) is 4.16. The highest BCUT2D eigenvalue weighted by Crippen LogP contribution is 2.34. The Hall–Kier alpha value is -1.000. The highest BCUT2D eigenvalue weighted by Gasteiger charge is 2.12. The van der Waals surface area contributed by atoms with Crippen molar-refractivity contribution in [1.29, 1.82) is 0 Å². The summed E-state index contributed by atoms with van der Waals surface area (Å²) in [5, 5.41) is 1.23. The number of esters is 1. The molecule has 25 heavy (non-hydrogen) atoms. The zero-order chi connectivity index (χ0) is 18.6. The highest BCUT2D eigenvalue weighted by atomic mass is 79.9. The molecular formula is C19H16BrCl3O2. The number of ether oxygens (including phenoxy) is 1. The van der Waals surface area contributed by atoms with Gasteiger partial charge in [-0.3, -0.25) is 0 Å². The number of rotatable bonds is 5. The molecule has 2 rings (SSSR count). The van der Waals surface area contributed by atoms with Crippen LogP contribution >= 0.6 is 50.7 Å². The molecule has 132 valence electrons. The lowest BCUT2D eigenvalue weighted by molar-refractivity contribution is 0.0525. The summed E-state index contributed by atoms with van der Waals surface area (Å²) in [4.78, 5) is 11.8. The third-order valence-corrected chi connectivity index (χ3v) is 5.45. The van der Waals surface area contributed by atoms with E-state index in [4.69, 9.17) is 39.5 Å². The van der Waals surface area contributed by atoms with Crippen LogP contribution in [0.15, 0.2) is 40.9 Å². The molecule has 0 aliphatic rings. The predicted octanol–water partition coefficient (Wildman–Crippen LogP) is 7.40. The van der Waals surface area contributed by atoms with Gasteiger partial charge in [-0.15, -0.1) is 0 Å². The van der Waals surface area contributed by atoms with Crippen molar-refractivity contribution < 1.29 is 9.53 Å². The lowest BCUT2D eigenvalue weighted by Gasteiger charge is -2.10. The summed E-state index contributed by atoms with van der Waals surface area (Å²) in [6.07, 6.45) is 4.00. The highest BCUT2D eigenvalue weighted by molar-refractivity contribution is 9.10. The number of hydrogen-bond donors (Lipinski definition) is 0. The van der Waals surface area contributed by atoms with Crippen molar-refractivity contribution >= 4 is 62.8 Å². The Morgan fingerprint density at radius 3 is 2.40 bits per heavy atom. The fourth-order valence-corrected chi connectivity index (χ4v) is 3.39. The quantitative estimate of drug-likeness (QED) is 0.342. The number of benzene rings is 2. The minimum absolute atomic E-state index is 0.0933. The van der Waals surface area contributed by atoms with Crippen LogP contribution in [0.25, 0.3) is 6.08 Å². The molecular weight excluding hydrogens is 446 g/mol. The van der Waals surface area contributed by atoms with Crippen molar-refractivity contribution in [1.82, 2.24) is 0 Å². The smallest absolute Gasteiger partial charge is 0.339 e. The molecule has 0 aromatic heterocycles. The van der Waals surface area contributed by atoms with E-state index in [9.17, 15) is 4.79 Å². The van der Waals surface area contributed by atoms with Crippen molar-refractivity contribution in [2.24, 2.45) is 0 Å². The van der Waals surface area contributed by atoms with Crippen LogP contribution in [0.5, 0.6) is 0 Å². The zero-order valence-corrected chi connectivity index (χ0v) is 17.5. The fraction of sp³-hybridized carbons (Fsp3) is 0.211. The maximum Gasteiger partial charge on any atom is 0.339 e. The summed E-state index contributed by atoms with van der Waals surface area (Å²) in [5.41, 5.74) is 2.43. The number of hydrogen-bond acceptors (Lipinski definition) is 2. The third kappa shape index (κ3) is 5.24. The van der Waals surface area contributed by atoms with Gasteiger partial charge in [-0.05, 0) is 64.2 Å². The molecule has 1 atom stereocenters. The summed E-state index contributed by atoms with van der Waals surface area (Å²) in [7, 11) is 0. The molecule has 0 amide bonds. The van der Waals surface area contributed by atoms with E-state index in [1.165, 1.54) is 0 Å². The summed E-state index contributed by atoms with van der Waals surface area (Å²) in [6, 6.07) is 9.09. The first-order chi connectivity index (χ1) is 11.8. The molecule has 0 saturated heterocycles. The van der Waals surface area contributed by atoms with Crippen LogP contribution in [-0.4, -0.2) is 12.6 Å². The van der Waals surface area contributed by atoms with Gasteiger partial charge in [0.15, 0.2) is 0 Å². The molecule has 1 unspecified atom stereocenters. The molecule has 2 aromatic carbocycles. The maximum atomic E-state index is 11.8. The van der Waals surface area contributed by atoms with Crippen LogP contribution in [0.3, 0.4) is 0 Å². The average molecular weight is 463 g/mol. The maximum absolute atomic E-state index is 11.8. The van der Waals surface area contributed by atoms with E-state index in [-0.39, 0.29) is 11.9 Å². The summed E-state index contributed by atoms with van der Waals surface area (Å²) >= 11 is 21.6. The Bertz CT molecular complexity index is 795. The monoisotopic (exact) mass is 460 g/mol. The van der Waals surface area contributed by atoms with E-state index in [0.717, 1.165) is 11.1 Å². The molecule has 0 spiro atoms. The molecule has 0 aliphatic heterocycles. The van der Waals surface area contributed by atoms with Crippen molar-refractivity contribution in [3.8, 4) is 0 Å². The number of carbonyl (C=O) groups is 1. The van der Waals surface area contributed by atoms with Gasteiger partial charge in [-0.2, -0.15) is 0 Å². The van der Waals surface area contributed by atoms with Gasteiger partial charge in [0.2, 0.25) is 0 Å². The van der Waals surface area contributed by atoms with E-state index < -0.39 is 0 Å². The van der Waals surface area contributed by atoms with E-state index >= 15 is 0 Å². The molecule has 2 aromatic rings. The van der Waals surface area contributed by atoms with Gasteiger partial charge in [0.25, 0.3) is 0 Å². The second-order valence-electron chi connectivity index (χ2n) is 5.41. The Morgan fingerprint density at radius 1 is 1.20 bits per heavy atom. The number of allylic oxidation sites excluding steroid dienone is 1. The van der Waals surface area contributed by atoms with Crippen molar-refractivity contribution in [2.75, 3.05) is 6.61 Å². The minimum atomic E-state index is -0.344. The van der Waals surface area contributed by atoms with E-state index in [1.807, 2.05) is 43.3 Å². The Balaban J connectivity index is 2.19. The van der Waals surface area contributed by atoms with Crippen LogP contribution in [0.1, 0.15) is 41.3 Å². The normalized spacial score (nSPS) is 12.4. The van der Waals surface area contributed by atoms with E-state index in [1.54, 1.807) is 13.0 Å². The SMILES string of the molecule is CCOC(=O)c1ccc(/C=C\C(C)c2cc(Cl)c(Cl)c(Cl)c2)cc1Br. The van der Waals surface area contributed by atoms with Gasteiger partial charge in [-0.1, -0.05) is 59.9 Å². The lowest BCUT2D eigenvalue weighted by atomic mass is 9.99. The van der Waals surface area contributed by atoms with Crippen molar-refractivity contribution in [3.05, 3.63) is 72.6 Å². The van der Waals surface area contributed by atoms with Crippen LogP contribution in [-0.2, 0) is 4.74 Å². The van der Waals surface area contributed by atoms with Crippen LogP contribution in [0, 0.1) is 0 Å². The Labute approximate surface area is 170 Å². The van der Waals surface area contributed by atoms with Gasteiger partial charge >= 0.3 is 5.97 Å². The number of carbonyl (C=O) groups excluding carboxylic acids is 1. The molecule has 0 bridgehead atoms. The predicted molar refractivity (Wildman–Crippen MR) is 109 cm³/mol. The average Bonchev–Trinajstić information content (AvgIpc) is 2.57. The Kier molecular flexibility index (Phi) is 7.38. The van der Waals surface area contributed by atoms with E-state index in [2.05, 4.69) is 15.9 Å². The molecule has 0 aliphatic carbocycles. The minimum Gasteiger partial charge on any atom is -0.462 e. The largest absolute Gasteiger partial charge is 0.462 e. The summed E-state index contributed by atoms with van der Waals surface area (Å²) in [5.74, 6) is -0.250. The lowest BCUT2D eigenvalue weighted by Crippen LogP contribution is -2.05. The van der Waals surface area contributed by atoms with Crippen LogP contribution < -0.4 is 0 Å². The molecule has 0 N–H and O–H groups in total.